The summed E-state index contributed by atoms with van der Waals surface area (Å²) in [6.45, 7) is 8.75. The van der Waals surface area contributed by atoms with Crippen LogP contribution in [0, 0.1) is 6.92 Å². The maximum absolute atomic E-state index is 12.0. The molecule has 0 unspecified atom stereocenters. The predicted molar refractivity (Wildman–Crippen MR) is 78.2 cm³/mol. The van der Waals surface area contributed by atoms with Gasteiger partial charge in [-0.05, 0) is 27.7 Å². The van der Waals surface area contributed by atoms with Gasteiger partial charge in [0.1, 0.15) is 17.5 Å². The second kappa shape index (κ2) is 6.28. The zero-order chi connectivity index (χ0) is 15.5. The van der Waals surface area contributed by atoms with Crippen molar-refractivity contribution in [3.8, 4) is 5.75 Å². The molecule has 21 heavy (non-hydrogen) atoms. The van der Waals surface area contributed by atoms with E-state index >= 15 is 0 Å². The second-order valence-electron chi connectivity index (χ2n) is 6.25. The summed E-state index contributed by atoms with van der Waals surface area (Å²) in [5.41, 5.74) is -0.455. The number of aromatic nitrogens is 2. The van der Waals surface area contributed by atoms with Crippen LogP contribution in [0.15, 0.2) is 12.4 Å². The van der Waals surface area contributed by atoms with Crippen molar-refractivity contribution in [2.24, 2.45) is 0 Å². The van der Waals surface area contributed by atoms with Gasteiger partial charge in [0.15, 0.2) is 5.75 Å². The predicted octanol–water partition coefficient (Wildman–Crippen LogP) is 2.56. The summed E-state index contributed by atoms with van der Waals surface area (Å²) in [7, 11) is 0. The van der Waals surface area contributed by atoms with Crippen LogP contribution in [0.4, 0.5) is 4.79 Å². The Labute approximate surface area is 125 Å². The fraction of sp³-hybridized carbons (Fsp3) is 0.667. The van der Waals surface area contributed by atoms with E-state index in [4.69, 9.17) is 9.47 Å². The third kappa shape index (κ3) is 4.88. The minimum Gasteiger partial charge on any atom is -0.487 e. The van der Waals surface area contributed by atoms with Crippen molar-refractivity contribution in [1.82, 2.24) is 14.9 Å². The highest BCUT2D eigenvalue weighted by molar-refractivity contribution is 5.68. The van der Waals surface area contributed by atoms with E-state index in [0.717, 1.165) is 18.7 Å². The summed E-state index contributed by atoms with van der Waals surface area (Å²) in [5.74, 6) is 1.40. The first kappa shape index (κ1) is 15.5. The summed E-state index contributed by atoms with van der Waals surface area (Å²) in [6, 6.07) is 0. The Morgan fingerprint density at radius 2 is 1.81 bits per heavy atom. The Kier molecular flexibility index (Phi) is 4.65. The molecule has 6 heteroatoms. The molecule has 0 spiro atoms. The topological polar surface area (TPSA) is 64.5 Å². The van der Waals surface area contributed by atoms with Gasteiger partial charge in [-0.2, -0.15) is 0 Å². The highest BCUT2D eigenvalue weighted by Crippen LogP contribution is 2.19. The maximum Gasteiger partial charge on any atom is 0.410 e. The van der Waals surface area contributed by atoms with Crippen molar-refractivity contribution in [1.29, 1.82) is 0 Å². The molecule has 0 bridgehead atoms. The molecule has 0 radical (unpaired) electrons. The van der Waals surface area contributed by atoms with E-state index in [9.17, 15) is 4.79 Å². The van der Waals surface area contributed by atoms with Gasteiger partial charge in [0, 0.05) is 25.9 Å². The molecule has 1 aliphatic rings. The lowest BCUT2D eigenvalue weighted by molar-refractivity contribution is 0.0126. The average molecular weight is 293 g/mol. The zero-order valence-corrected chi connectivity index (χ0v) is 13.1. The molecule has 1 amide bonds. The average Bonchev–Trinajstić information content (AvgIpc) is 2.40. The summed E-state index contributed by atoms with van der Waals surface area (Å²) in [4.78, 5) is 21.9. The van der Waals surface area contributed by atoms with Crippen LogP contribution in [0.2, 0.25) is 0 Å². The molecule has 6 nitrogen and oxygen atoms in total. The Bertz CT molecular complexity index is 474. The first-order valence-corrected chi connectivity index (χ1v) is 7.27. The molecule has 1 saturated heterocycles. The number of hydrogen-bond donors (Lipinski definition) is 0. The third-order valence-electron chi connectivity index (χ3n) is 3.15. The SMILES string of the molecule is Cc1ncc(OC2CCN(C(=O)OC(C)(C)C)CC2)cn1. The summed E-state index contributed by atoms with van der Waals surface area (Å²) >= 11 is 0. The van der Waals surface area contributed by atoms with E-state index in [1.54, 1.807) is 17.3 Å². The molecule has 2 heterocycles. The molecule has 0 aliphatic carbocycles. The molecule has 1 aromatic rings. The summed E-state index contributed by atoms with van der Waals surface area (Å²) in [6.07, 6.45) is 4.78. The van der Waals surface area contributed by atoms with Crippen molar-refractivity contribution < 1.29 is 14.3 Å². The number of rotatable bonds is 2. The highest BCUT2D eigenvalue weighted by atomic mass is 16.6. The van der Waals surface area contributed by atoms with Crippen LogP contribution in [0.25, 0.3) is 0 Å². The minimum atomic E-state index is -0.455. The lowest BCUT2D eigenvalue weighted by Crippen LogP contribution is -2.44. The summed E-state index contributed by atoms with van der Waals surface area (Å²) in [5, 5.41) is 0. The molecule has 2 rings (SSSR count). The van der Waals surface area contributed by atoms with Crippen molar-refractivity contribution in [2.45, 2.75) is 52.2 Å². The first-order valence-electron chi connectivity index (χ1n) is 7.27. The van der Waals surface area contributed by atoms with Crippen LogP contribution in [0.1, 0.15) is 39.4 Å². The van der Waals surface area contributed by atoms with Gasteiger partial charge in [0.05, 0.1) is 12.4 Å². The molecule has 0 saturated carbocycles. The molecular formula is C15H23N3O3. The van der Waals surface area contributed by atoms with Crippen molar-refractivity contribution in [3.05, 3.63) is 18.2 Å². The standard InChI is InChI=1S/C15H23N3O3/c1-11-16-9-13(10-17-11)20-12-5-7-18(8-6-12)14(19)21-15(2,3)4/h9-10,12H,5-8H2,1-4H3. The monoisotopic (exact) mass is 293 g/mol. The highest BCUT2D eigenvalue weighted by Gasteiger charge is 2.27. The lowest BCUT2D eigenvalue weighted by atomic mass is 10.1. The number of carbonyl (C=O) groups excluding carboxylic acids is 1. The number of amides is 1. The number of piperidine rings is 1. The Morgan fingerprint density at radius 3 is 2.33 bits per heavy atom. The number of hydrogen-bond acceptors (Lipinski definition) is 5. The van der Waals surface area contributed by atoms with E-state index in [-0.39, 0.29) is 12.2 Å². The van der Waals surface area contributed by atoms with Crippen LogP contribution in [0.3, 0.4) is 0 Å². The molecule has 0 aromatic carbocycles. The van der Waals surface area contributed by atoms with Gasteiger partial charge in [0.25, 0.3) is 0 Å². The smallest absolute Gasteiger partial charge is 0.410 e. The van der Waals surface area contributed by atoms with Gasteiger partial charge in [-0.1, -0.05) is 0 Å². The molecule has 1 aliphatic heterocycles. The Hall–Kier alpha value is -1.85. The summed E-state index contributed by atoms with van der Waals surface area (Å²) < 4.78 is 11.2. The van der Waals surface area contributed by atoms with E-state index < -0.39 is 5.60 Å². The fourth-order valence-corrected chi connectivity index (χ4v) is 2.12. The van der Waals surface area contributed by atoms with Gasteiger partial charge in [0.2, 0.25) is 0 Å². The van der Waals surface area contributed by atoms with Gasteiger partial charge < -0.3 is 14.4 Å². The molecule has 1 aromatic heterocycles. The van der Waals surface area contributed by atoms with Crippen molar-refractivity contribution >= 4 is 6.09 Å². The number of ether oxygens (including phenoxy) is 2. The number of aryl methyl sites for hydroxylation is 1. The van der Waals surface area contributed by atoms with Crippen LogP contribution in [-0.4, -0.2) is 45.8 Å². The zero-order valence-electron chi connectivity index (χ0n) is 13.1. The molecule has 0 atom stereocenters. The maximum atomic E-state index is 12.0. The molecule has 1 fully saturated rings. The lowest BCUT2D eigenvalue weighted by Gasteiger charge is -2.33. The van der Waals surface area contributed by atoms with Gasteiger partial charge >= 0.3 is 6.09 Å². The molecular weight excluding hydrogens is 270 g/mol. The van der Waals surface area contributed by atoms with E-state index in [1.807, 2.05) is 27.7 Å². The van der Waals surface area contributed by atoms with Crippen molar-refractivity contribution in [3.63, 3.8) is 0 Å². The van der Waals surface area contributed by atoms with Crippen LogP contribution in [0.5, 0.6) is 5.75 Å². The first-order chi connectivity index (χ1) is 9.83. The van der Waals surface area contributed by atoms with Crippen LogP contribution >= 0.6 is 0 Å². The van der Waals surface area contributed by atoms with Crippen LogP contribution < -0.4 is 4.74 Å². The van der Waals surface area contributed by atoms with Gasteiger partial charge in [-0.15, -0.1) is 0 Å². The van der Waals surface area contributed by atoms with E-state index in [2.05, 4.69) is 9.97 Å². The Morgan fingerprint density at radius 1 is 1.24 bits per heavy atom. The normalized spacial score (nSPS) is 16.7. The second-order valence-corrected chi connectivity index (χ2v) is 6.25. The van der Waals surface area contributed by atoms with Gasteiger partial charge in [-0.3, -0.25) is 0 Å². The van der Waals surface area contributed by atoms with Crippen molar-refractivity contribution in [2.75, 3.05) is 13.1 Å². The molecule has 0 N–H and O–H groups in total. The number of likely N-dealkylation sites (tertiary alicyclic amines) is 1. The largest absolute Gasteiger partial charge is 0.487 e. The number of carbonyl (C=O) groups is 1. The van der Waals surface area contributed by atoms with E-state index in [0.29, 0.717) is 18.8 Å². The molecule has 116 valence electrons. The third-order valence-corrected chi connectivity index (χ3v) is 3.15. The van der Waals surface area contributed by atoms with Crippen LogP contribution in [-0.2, 0) is 4.74 Å². The minimum absolute atomic E-state index is 0.0926. The Balaban J connectivity index is 1.80. The number of nitrogens with zero attached hydrogens (tertiary/aromatic N) is 3. The fourth-order valence-electron chi connectivity index (χ4n) is 2.12. The quantitative estimate of drug-likeness (QED) is 0.838. The van der Waals surface area contributed by atoms with E-state index in [1.165, 1.54) is 0 Å². The van der Waals surface area contributed by atoms with Gasteiger partial charge in [-0.25, -0.2) is 14.8 Å².